The van der Waals surface area contributed by atoms with Crippen molar-refractivity contribution in [2.24, 2.45) is 0 Å². The van der Waals surface area contributed by atoms with Crippen molar-refractivity contribution in [2.45, 2.75) is 0 Å². The molecule has 0 atom stereocenters. The number of hydrogen-bond donors (Lipinski definition) is 0. The van der Waals surface area contributed by atoms with E-state index in [2.05, 4.69) is 114 Å². The van der Waals surface area contributed by atoms with E-state index in [9.17, 15) is 0 Å². The smallest absolute Gasteiger partial charge is 0.135 e. The van der Waals surface area contributed by atoms with Gasteiger partial charge in [-0.3, -0.25) is 0 Å². The standard InChI is InChI=1S/C42H27NO3/c1-4-10-37-31(7-1)25-40(44-37)28-13-19-34(20-14-28)43(35-21-15-29(16-22-35)41-26-32-8-2-5-11-38(32)45-41)36-23-17-30(18-24-36)42-27-33-9-3-6-12-39(33)46-42/h1-27H. The third kappa shape index (κ3) is 4.64. The van der Waals surface area contributed by atoms with E-state index in [1.807, 2.05) is 54.6 Å². The minimum atomic E-state index is 0.852. The van der Waals surface area contributed by atoms with Gasteiger partial charge in [0.25, 0.3) is 0 Å². The minimum absolute atomic E-state index is 0.852. The second-order valence-corrected chi connectivity index (χ2v) is 11.4. The van der Waals surface area contributed by atoms with Crippen molar-refractivity contribution in [2.75, 3.05) is 4.90 Å². The summed E-state index contributed by atoms with van der Waals surface area (Å²) in [4.78, 5) is 2.26. The van der Waals surface area contributed by atoms with Crippen LogP contribution < -0.4 is 4.90 Å². The second kappa shape index (κ2) is 10.7. The van der Waals surface area contributed by atoms with Crippen LogP contribution in [0.15, 0.2) is 177 Å². The van der Waals surface area contributed by atoms with Crippen molar-refractivity contribution in [3.8, 4) is 34.0 Å². The van der Waals surface area contributed by atoms with Crippen LogP contribution in [0.1, 0.15) is 0 Å². The number of para-hydroxylation sites is 3. The van der Waals surface area contributed by atoms with Gasteiger partial charge in [0, 0.05) is 49.9 Å². The van der Waals surface area contributed by atoms with Gasteiger partial charge in [-0.25, -0.2) is 0 Å². The molecule has 0 aliphatic carbocycles. The molecule has 0 bridgehead atoms. The lowest BCUT2D eigenvalue weighted by Gasteiger charge is -2.26. The Morgan fingerprint density at radius 3 is 0.870 bits per heavy atom. The van der Waals surface area contributed by atoms with Crippen molar-refractivity contribution in [3.05, 3.63) is 164 Å². The van der Waals surface area contributed by atoms with Crippen LogP contribution in [0.3, 0.4) is 0 Å². The van der Waals surface area contributed by atoms with Crippen molar-refractivity contribution >= 4 is 50.0 Å². The Balaban J connectivity index is 1.09. The Morgan fingerprint density at radius 2 is 0.587 bits per heavy atom. The summed E-state index contributed by atoms with van der Waals surface area (Å²) in [5, 5.41) is 3.28. The van der Waals surface area contributed by atoms with Gasteiger partial charge in [0.05, 0.1) is 0 Å². The lowest BCUT2D eigenvalue weighted by atomic mass is 10.1. The molecule has 0 unspecified atom stereocenters. The average Bonchev–Trinajstić information content (AvgIpc) is 3.86. The molecule has 218 valence electrons. The van der Waals surface area contributed by atoms with Gasteiger partial charge < -0.3 is 18.2 Å². The van der Waals surface area contributed by atoms with Gasteiger partial charge in [0.1, 0.15) is 34.0 Å². The number of anilines is 3. The third-order valence-electron chi connectivity index (χ3n) is 8.51. The molecule has 0 radical (unpaired) electrons. The van der Waals surface area contributed by atoms with Crippen molar-refractivity contribution in [3.63, 3.8) is 0 Å². The molecule has 4 heteroatoms. The molecule has 0 N–H and O–H groups in total. The quantitative estimate of drug-likeness (QED) is 0.192. The van der Waals surface area contributed by atoms with Gasteiger partial charge in [-0.1, -0.05) is 54.6 Å². The Morgan fingerprint density at radius 1 is 0.304 bits per heavy atom. The van der Waals surface area contributed by atoms with Crippen LogP contribution in [-0.2, 0) is 0 Å². The summed E-state index contributed by atoms with van der Waals surface area (Å²) >= 11 is 0. The maximum Gasteiger partial charge on any atom is 0.135 e. The monoisotopic (exact) mass is 593 g/mol. The lowest BCUT2D eigenvalue weighted by molar-refractivity contribution is 0.631. The molecule has 46 heavy (non-hydrogen) atoms. The maximum atomic E-state index is 6.15. The van der Waals surface area contributed by atoms with Crippen LogP contribution in [0.5, 0.6) is 0 Å². The first-order valence-corrected chi connectivity index (χ1v) is 15.3. The topological polar surface area (TPSA) is 42.7 Å². The molecule has 6 aromatic carbocycles. The van der Waals surface area contributed by atoms with Gasteiger partial charge in [0.15, 0.2) is 0 Å². The Labute approximate surface area is 265 Å². The van der Waals surface area contributed by atoms with E-state index in [1.54, 1.807) is 0 Å². The van der Waals surface area contributed by atoms with Gasteiger partial charge in [0.2, 0.25) is 0 Å². The first-order chi connectivity index (χ1) is 22.7. The van der Waals surface area contributed by atoms with Crippen LogP contribution in [0, 0.1) is 0 Å². The predicted octanol–water partition coefficient (Wildman–Crippen LogP) is 12.4. The van der Waals surface area contributed by atoms with E-state index in [0.717, 1.165) is 83.9 Å². The first-order valence-electron chi connectivity index (χ1n) is 15.3. The third-order valence-corrected chi connectivity index (χ3v) is 8.51. The van der Waals surface area contributed by atoms with Crippen LogP contribution in [0.25, 0.3) is 66.9 Å². The number of rotatable bonds is 6. The number of benzene rings is 6. The van der Waals surface area contributed by atoms with Gasteiger partial charge >= 0.3 is 0 Å². The zero-order valence-corrected chi connectivity index (χ0v) is 24.8. The summed E-state index contributed by atoms with van der Waals surface area (Å²) < 4.78 is 18.4. The zero-order chi connectivity index (χ0) is 30.5. The molecule has 4 nitrogen and oxygen atoms in total. The molecule has 0 spiro atoms. The highest BCUT2D eigenvalue weighted by Gasteiger charge is 2.16. The fourth-order valence-electron chi connectivity index (χ4n) is 6.14. The molecular weight excluding hydrogens is 566 g/mol. The first kappa shape index (κ1) is 26.2. The molecule has 3 heterocycles. The van der Waals surface area contributed by atoms with Crippen LogP contribution in [0.4, 0.5) is 17.1 Å². The number of furan rings is 3. The normalized spacial score (nSPS) is 11.5. The SMILES string of the molecule is c1ccc2oc(-c3ccc(N(c4ccc(-c5cc6ccccc6o5)cc4)c4ccc(-c5cc6ccccc6o5)cc4)cc3)cc2c1. The molecule has 0 saturated carbocycles. The molecule has 9 aromatic rings. The van der Waals surface area contributed by atoms with Gasteiger partial charge in [-0.15, -0.1) is 0 Å². The fraction of sp³-hybridized carbons (Fsp3) is 0. The summed E-state index contributed by atoms with van der Waals surface area (Å²) in [5.74, 6) is 2.55. The highest BCUT2D eigenvalue weighted by molar-refractivity contribution is 5.87. The van der Waals surface area contributed by atoms with E-state index < -0.39 is 0 Å². The van der Waals surface area contributed by atoms with Crippen molar-refractivity contribution in [1.82, 2.24) is 0 Å². The van der Waals surface area contributed by atoms with E-state index >= 15 is 0 Å². The highest BCUT2D eigenvalue weighted by Crippen LogP contribution is 2.39. The van der Waals surface area contributed by atoms with Crippen molar-refractivity contribution in [1.29, 1.82) is 0 Å². The van der Waals surface area contributed by atoms with Crippen molar-refractivity contribution < 1.29 is 13.3 Å². The molecule has 0 aliphatic rings. The number of hydrogen-bond acceptors (Lipinski definition) is 4. The molecular formula is C42H27NO3. The van der Waals surface area contributed by atoms with Gasteiger partial charge in [-0.05, 0) is 109 Å². The molecule has 0 amide bonds. The molecule has 0 saturated heterocycles. The Hall–Kier alpha value is -6.26. The summed E-state index contributed by atoms with van der Waals surface area (Å²) in [6.45, 7) is 0. The van der Waals surface area contributed by atoms with Crippen LogP contribution in [-0.4, -0.2) is 0 Å². The summed E-state index contributed by atoms with van der Waals surface area (Å²) in [5.41, 5.74) is 8.85. The van der Waals surface area contributed by atoms with E-state index in [-0.39, 0.29) is 0 Å². The molecule has 9 rings (SSSR count). The van der Waals surface area contributed by atoms with Crippen LogP contribution in [0.2, 0.25) is 0 Å². The number of fused-ring (bicyclic) bond motifs is 3. The minimum Gasteiger partial charge on any atom is -0.456 e. The maximum absolute atomic E-state index is 6.15. The molecule has 3 aromatic heterocycles. The summed E-state index contributed by atoms with van der Waals surface area (Å²) in [6.07, 6.45) is 0. The average molecular weight is 594 g/mol. The Kier molecular flexibility index (Phi) is 6.10. The van der Waals surface area contributed by atoms with Crippen LogP contribution >= 0.6 is 0 Å². The van der Waals surface area contributed by atoms with E-state index in [1.165, 1.54) is 0 Å². The number of nitrogens with zero attached hydrogens (tertiary/aromatic N) is 1. The zero-order valence-electron chi connectivity index (χ0n) is 24.8. The van der Waals surface area contributed by atoms with E-state index in [0.29, 0.717) is 0 Å². The predicted molar refractivity (Wildman–Crippen MR) is 187 cm³/mol. The lowest BCUT2D eigenvalue weighted by Crippen LogP contribution is -2.09. The second-order valence-electron chi connectivity index (χ2n) is 11.4. The Bertz CT molecular complexity index is 2080. The van der Waals surface area contributed by atoms with E-state index in [4.69, 9.17) is 13.3 Å². The summed E-state index contributed by atoms with van der Waals surface area (Å²) in [6, 6.07) is 56.1. The molecule has 0 fully saturated rings. The molecule has 0 aliphatic heterocycles. The summed E-state index contributed by atoms with van der Waals surface area (Å²) in [7, 11) is 0. The van der Waals surface area contributed by atoms with Gasteiger partial charge in [-0.2, -0.15) is 0 Å². The fourth-order valence-corrected chi connectivity index (χ4v) is 6.14. The largest absolute Gasteiger partial charge is 0.456 e. The highest BCUT2D eigenvalue weighted by atomic mass is 16.3.